The fourth-order valence-electron chi connectivity index (χ4n) is 4.28. The summed E-state index contributed by atoms with van der Waals surface area (Å²) in [5.41, 5.74) is 4.66. The Morgan fingerprint density at radius 3 is 2.61 bits per heavy atom. The predicted molar refractivity (Wildman–Crippen MR) is 139 cm³/mol. The van der Waals surface area contributed by atoms with Gasteiger partial charge in [0.25, 0.3) is 5.91 Å². The number of anilines is 2. The molecule has 3 aromatic heterocycles. The van der Waals surface area contributed by atoms with Crippen molar-refractivity contribution in [1.82, 2.24) is 35.0 Å². The van der Waals surface area contributed by atoms with Gasteiger partial charge < -0.3 is 24.2 Å². The first-order chi connectivity index (χ1) is 18.4. The van der Waals surface area contributed by atoms with Crippen LogP contribution in [0.2, 0.25) is 0 Å². The van der Waals surface area contributed by atoms with Gasteiger partial charge in [-0.25, -0.2) is 30.4 Å². The minimum absolute atomic E-state index is 0.144. The Bertz CT molecular complexity index is 1450. The lowest BCUT2D eigenvalue weighted by Gasteiger charge is -2.28. The van der Waals surface area contributed by atoms with Crippen molar-refractivity contribution < 1.29 is 19.8 Å². The van der Waals surface area contributed by atoms with Crippen LogP contribution >= 0.6 is 0 Å². The molecule has 1 amide bonds. The maximum atomic E-state index is 11.6. The summed E-state index contributed by atoms with van der Waals surface area (Å²) in [5.74, 6) is 1.71. The molecule has 1 unspecified atom stereocenters. The van der Waals surface area contributed by atoms with Crippen LogP contribution in [0.5, 0.6) is 0 Å². The van der Waals surface area contributed by atoms with Crippen molar-refractivity contribution >= 4 is 28.8 Å². The van der Waals surface area contributed by atoms with Crippen LogP contribution in [0.1, 0.15) is 34.8 Å². The molecule has 13 nitrogen and oxygen atoms in total. The molecule has 4 heterocycles. The van der Waals surface area contributed by atoms with Crippen LogP contribution in [0.3, 0.4) is 0 Å². The molecule has 1 fully saturated rings. The molecule has 3 N–H and O–H groups in total. The number of aryl methyl sites for hydroxylation is 1. The van der Waals surface area contributed by atoms with E-state index in [1.165, 1.54) is 12.4 Å². The third-order valence-corrected chi connectivity index (χ3v) is 6.45. The number of benzene rings is 1. The molecule has 1 saturated heterocycles. The van der Waals surface area contributed by atoms with E-state index in [0.717, 1.165) is 22.8 Å². The van der Waals surface area contributed by atoms with Gasteiger partial charge in [0.1, 0.15) is 5.82 Å². The SMILES string of the molecule is CC(O)c1cccc(-c2nc(N3CCOCC3)c3nc(CN(C)c4ncc(C(=O)NO)cn4)n(C)c3n2)c1. The number of hydrogen-bond acceptors (Lipinski definition) is 11. The monoisotopic (exact) mass is 519 g/mol. The van der Waals surface area contributed by atoms with Crippen molar-refractivity contribution in [2.75, 3.05) is 43.2 Å². The van der Waals surface area contributed by atoms with Gasteiger partial charge in [-0.1, -0.05) is 18.2 Å². The molecular formula is C25H29N9O4. The van der Waals surface area contributed by atoms with E-state index in [9.17, 15) is 9.90 Å². The standard InChI is InChI=1S/C25H29N9O4/c1-15(35)16-5-4-6-17(11-16)21-29-22-20(23(30-21)34-7-9-38-10-8-34)28-19(33(22)3)14-32(2)25-26-12-18(13-27-25)24(36)31-37/h4-6,11-13,15,35,37H,7-10,14H2,1-3H3,(H,31,36). The van der Waals surface area contributed by atoms with Gasteiger partial charge in [-0.3, -0.25) is 10.0 Å². The van der Waals surface area contributed by atoms with Crippen molar-refractivity contribution in [3.05, 3.63) is 53.6 Å². The Hall–Kier alpha value is -4.20. The van der Waals surface area contributed by atoms with E-state index in [4.69, 9.17) is 24.9 Å². The molecule has 5 rings (SSSR count). The van der Waals surface area contributed by atoms with Gasteiger partial charge in [-0.15, -0.1) is 0 Å². The molecule has 0 spiro atoms. The molecule has 0 bridgehead atoms. The molecule has 0 saturated carbocycles. The van der Waals surface area contributed by atoms with Crippen LogP contribution in [0, 0.1) is 0 Å². The highest BCUT2D eigenvalue weighted by molar-refractivity contribution is 5.92. The number of nitrogens with zero attached hydrogens (tertiary/aromatic N) is 8. The molecule has 1 aromatic carbocycles. The number of aliphatic hydroxyl groups excluding tert-OH is 1. The second kappa shape index (κ2) is 10.7. The summed E-state index contributed by atoms with van der Waals surface area (Å²) in [4.78, 5) is 38.7. The summed E-state index contributed by atoms with van der Waals surface area (Å²) in [6.45, 7) is 4.67. The zero-order valence-electron chi connectivity index (χ0n) is 21.4. The maximum absolute atomic E-state index is 11.6. The number of aromatic nitrogens is 6. The lowest BCUT2D eigenvalue weighted by Crippen LogP contribution is -2.37. The summed E-state index contributed by atoms with van der Waals surface area (Å²) in [6, 6.07) is 7.59. The number of imidazole rings is 1. The van der Waals surface area contributed by atoms with Gasteiger partial charge in [-0.05, 0) is 18.6 Å². The summed E-state index contributed by atoms with van der Waals surface area (Å²) >= 11 is 0. The Labute approximate surface area is 218 Å². The summed E-state index contributed by atoms with van der Waals surface area (Å²) in [5, 5.41) is 18.9. The van der Waals surface area contributed by atoms with E-state index in [0.29, 0.717) is 55.8 Å². The van der Waals surface area contributed by atoms with Crippen LogP contribution in [0.4, 0.5) is 11.8 Å². The largest absolute Gasteiger partial charge is 0.389 e. The number of hydroxylamine groups is 1. The molecule has 0 radical (unpaired) electrons. The van der Waals surface area contributed by atoms with E-state index in [1.54, 1.807) is 17.3 Å². The molecular weight excluding hydrogens is 490 g/mol. The quantitative estimate of drug-likeness (QED) is 0.240. The van der Waals surface area contributed by atoms with Gasteiger partial charge >= 0.3 is 0 Å². The molecule has 1 aliphatic rings. The highest BCUT2D eigenvalue weighted by atomic mass is 16.5. The fraction of sp³-hybridized carbons (Fsp3) is 0.360. The third-order valence-electron chi connectivity index (χ3n) is 6.45. The van der Waals surface area contributed by atoms with Crippen LogP contribution < -0.4 is 15.3 Å². The van der Waals surface area contributed by atoms with Crippen molar-refractivity contribution in [2.45, 2.75) is 19.6 Å². The number of ether oxygens (including phenoxy) is 1. The Balaban J connectivity index is 1.54. The highest BCUT2D eigenvalue weighted by Gasteiger charge is 2.23. The minimum Gasteiger partial charge on any atom is -0.389 e. The highest BCUT2D eigenvalue weighted by Crippen LogP contribution is 2.29. The minimum atomic E-state index is -0.682. The maximum Gasteiger partial charge on any atom is 0.277 e. The average molecular weight is 520 g/mol. The number of rotatable bonds is 7. The van der Waals surface area contributed by atoms with Gasteiger partial charge in [0.2, 0.25) is 5.95 Å². The first-order valence-electron chi connectivity index (χ1n) is 12.2. The number of aliphatic hydroxyl groups is 1. The fourth-order valence-corrected chi connectivity index (χ4v) is 4.28. The summed E-state index contributed by atoms with van der Waals surface area (Å²) < 4.78 is 7.48. The predicted octanol–water partition coefficient (Wildman–Crippen LogP) is 1.47. The normalized spacial score (nSPS) is 14.5. The molecule has 1 aliphatic heterocycles. The van der Waals surface area contributed by atoms with Crippen LogP contribution in [0.15, 0.2) is 36.7 Å². The van der Waals surface area contributed by atoms with Gasteiger partial charge in [0, 0.05) is 45.1 Å². The summed E-state index contributed by atoms with van der Waals surface area (Å²) in [6.07, 6.45) is 2.08. The molecule has 13 heteroatoms. The van der Waals surface area contributed by atoms with Gasteiger partial charge in [0.05, 0.1) is 31.4 Å². The van der Waals surface area contributed by atoms with Crippen molar-refractivity contribution in [3.63, 3.8) is 0 Å². The number of nitrogens with one attached hydrogen (secondary N) is 1. The van der Waals surface area contributed by atoms with Gasteiger partial charge in [0.15, 0.2) is 22.8 Å². The zero-order valence-corrected chi connectivity index (χ0v) is 21.4. The Kier molecular flexibility index (Phi) is 7.13. The first-order valence-corrected chi connectivity index (χ1v) is 12.2. The molecule has 0 aliphatic carbocycles. The van der Waals surface area contributed by atoms with Crippen LogP contribution in [-0.4, -0.2) is 79.1 Å². The van der Waals surface area contributed by atoms with Crippen molar-refractivity contribution in [3.8, 4) is 11.4 Å². The van der Waals surface area contributed by atoms with E-state index >= 15 is 0 Å². The Morgan fingerprint density at radius 1 is 1.18 bits per heavy atom. The van der Waals surface area contributed by atoms with E-state index in [-0.39, 0.29) is 5.56 Å². The molecule has 198 valence electrons. The first kappa shape index (κ1) is 25.4. The molecule has 38 heavy (non-hydrogen) atoms. The van der Waals surface area contributed by atoms with E-state index < -0.39 is 12.0 Å². The number of fused-ring (bicyclic) bond motifs is 1. The Morgan fingerprint density at radius 2 is 1.92 bits per heavy atom. The second-order valence-corrected chi connectivity index (χ2v) is 9.10. The van der Waals surface area contributed by atoms with Crippen LogP contribution in [-0.2, 0) is 18.3 Å². The second-order valence-electron chi connectivity index (χ2n) is 9.10. The third kappa shape index (κ3) is 4.98. The lowest BCUT2D eigenvalue weighted by atomic mass is 10.1. The summed E-state index contributed by atoms with van der Waals surface area (Å²) in [7, 11) is 3.72. The molecule has 4 aromatic rings. The number of carbonyl (C=O) groups is 1. The van der Waals surface area contributed by atoms with Gasteiger partial charge in [-0.2, -0.15) is 0 Å². The lowest BCUT2D eigenvalue weighted by molar-refractivity contribution is 0.0705. The zero-order chi connectivity index (χ0) is 26.8. The van der Waals surface area contributed by atoms with Crippen LogP contribution in [0.25, 0.3) is 22.6 Å². The number of hydrogen-bond donors (Lipinski definition) is 3. The topological polar surface area (TPSA) is 155 Å². The van der Waals surface area contributed by atoms with Crippen molar-refractivity contribution in [1.29, 1.82) is 0 Å². The number of carbonyl (C=O) groups excluding carboxylic acids is 1. The van der Waals surface area contributed by atoms with E-state index in [2.05, 4.69) is 14.9 Å². The smallest absolute Gasteiger partial charge is 0.277 e. The van der Waals surface area contributed by atoms with Crippen molar-refractivity contribution in [2.24, 2.45) is 7.05 Å². The number of amides is 1. The molecule has 1 atom stereocenters. The average Bonchev–Trinajstić information content (AvgIpc) is 3.27. The van der Waals surface area contributed by atoms with E-state index in [1.807, 2.05) is 42.9 Å². The number of morpholine rings is 1.